The van der Waals surface area contributed by atoms with Gasteiger partial charge in [0.25, 0.3) is 0 Å². The Morgan fingerprint density at radius 1 is 0.955 bits per heavy atom. The van der Waals surface area contributed by atoms with Crippen molar-refractivity contribution in [2.24, 2.45) is 0 Å². The van der Waals surface area contributed by atoms with Crippen LogP contribution in [0.5, 0.6) is 11.9 Å². The highest BCUT2D eigenvalue weighted by Crippen LogP contribution is 2.22. The number of aromatic nitrogens is 2. The van der Waals surface area contributed by atoms with Crippen molar-refractivity contribution >= 4 is 0 Å². The Balaban J connectivity index is 1.36. The average molecular weight is 310 g/mol. The fraction of sp³-hybridized carbons (Fsp3) is 0.714. The van der Waals surface area contributed by atoms with Gasteiger partial charge in [-0.15, -0.1) is 0 Å². The molecule has 3 saturated heterocycles. The highest BCUT2D eigenvalue weighted by Gasteiger charge is 2.26. The van der Waals surface area contributed by atoms with Crippen molar-refractivity contribution in [2.45, 2.75) is 24.9 Å². The Bertz CT molecular complexity index is 516. The number of hydrogen-bond acceptors (Lipinski definition) is 8. The fourth-order valence-electron chi connectivity index (χ4n) is 1.80. The molecular weight excluding hydrogens is 292 g/mol. The van der Waals surface area contributed by atoms with Gasteiger partial charge in [0.2, 0.25) is 5.88 Å². The van der Waals surface area contributed by atoms with E-state index in [1.807, 2.05) is 0 Å². The topological polar surface area (TPSA) is 91.1 Å². The third-order valence-corrected chi connectivity index (χ3v) is 3.38. The molecule has 0 N–H and O–H groups in total. The summed E-state index contributed by atoms with van der Waals surface area (Å²) >= 11 is 0. The van der Waals surface area contributed by atoms with E-state index < -0.39 is 0 Å². The van der Waals surface area contributed by atoms with Gasteiger partial charge in [-0.2, -0.15) is 4.98 Å². The molecule has 120 valence electrons. The van der Waals surface area contributed by atoms with E-state index >= 15 is 0 Å². The van der Waals surface area contributed by atoms with Gasteiger partial charge in [-0.25, -0.2) is 4.98 Å². The minimum absolute atomic E-state index is 0.160. The molecule has 0 amide bonds. The van der Waals surface area contributed by atoms with Crippen LogP contribution < -0.4 is 9.47 Å². The van der Waals surface area contributed by atoms with Crippen LogP contribution in [-0.4, -0.2) is 67.9 Å². The van der Waals surface area contributed by atoms with E-state index in [0.717, 1.165) is 25.4 Å². The molecule has 4 rings (SSSR count). The lowest BCUT2D eigenvalue weighted by Crippen LogP contribution is -2.12. The summed E-state index contributed by atoms with van der Waals surface area (Å²) in [4.78, 5) is 8.49. The first-order chi connectivity index (χ1) is 10.9. The first-order valence-corrected chi connectivity index (χ1v) is 7.41. The highest BCUT2D eigenvalue weighted by atomic mass is 16.6. The lowest BCUT2D eigenvalue weighted by molar-refractivity contribution is 0.100. The normalized spacial score (nSPS) is 28.3. The quantitative estimate of drug-likeness (QED) is 0.555. The second-order valence-corrected chi connectivity index (χ2v) is 5.49. The molecule has 0 saturated carbocycles. The minimum Gasteiger partial charge on any atom is -0.474 e. The smallest absolute Gasteiger partial charge is 0.319 e. The molecule has 0 radical (unpaired) electrons. The van der Waals surface area contributed by atoms with Gasteiger partial charge < -0.3 is 28.4 Å². The second-order valence-electron chi connectivity index (χ2n) is 5.49. The van der Waals surface area contributed by atoms with Gasteiger partial charge in [0.1, 0.15) is 31.5 Å². The Kier molecular flexibility index (Phi) is 4.07. The van der Waals surface area contributed by atoms with Crippen molar-refractivity contribution < 1.29 is 28.4 Å². The predicted molar refractivity (Wildman–Crippen MR) is 71.9 cm³/mol. The monoisotopic (exact) mass is 310 g/mol. The third-order valence-electron chi connectivity index (χ3n) is 3.38. The van der Waals surface area contributed by atoms with Crippen LogP contribution in [0, 0.1) is 0 Å². The maximum absolute atomic E-state index is 5.70. The van der Waals surface area contributed by atoms with Crippen molar-refractivity contribution in [1.29, 1.82) is 0 Å². The van der Waals surface area contributed by atoms with E-state index in [9.17, 15) is 0 Å². The summed E-state index contributed by atoms with van der Waals surface area (Å²) in [5.41, 5.74) is 0.788. The van der Waals surface area contributed by atoms with Gasteiger partial charge in [-0.1, -0.05) is 0 Å². The number of hydrogen-bond donors (Lipinski definition) is 0. The Labute approximate surface area is 127 Å². The number of ether oxygens (including phenoxy) is 6. The van der Waals surface area contributed by atoms with Crippen molar-refractivity contribution in [3.8, 4) is 11.9 Å². The van der Waals surface area contributed by atoms with Gasteiger partial charge in [0, 0.05) is 6.20 Å². The molecule has 0 spiro atoms. The zero-order chi connectivity index (χ0) is 14.8. The summed E-state index contributed by atoms with van der Waals surface area (Å²) in [5.74, 6) is 0.480. The van der Waals surface area contributed by atoms with Gasteiger partial charge >= 0.3 is 6.01 Å². The van der Waals surface area contributed by atoms with E-state index in [1.165, 1.54) is 0 Å². The average Bonchev–Trinajstić information content (AvgIpc) is 3.38. The van der Waals surface area contributed by atoms with Crippen LogP contribution in [-0.2, 0) is 25.6 Å². The summed E-state index contributed by atoms with van der Waals surface area (Å²) in [6.45, 7) is 4.13. The van der Waals surface area contributed by atoms with Crippen LogP contribution in [0.3, 0.4) is 0 Å². The van der Waals surface area contributed by atoms with Crippen molar-refractivity contribution in [3.05, 3.63) is 11.8 Å². The van der Waals surface area contributed by atoms with E-state index in [2.05, 4.69) is 9.97 Å². The van der Waals surface area contributed by atoms with Gasteiger partial charge in [0.15, 0.2) is 0 Å². The number of nitrogens with zero attached hydrogens (tertiary/aromatic N) is 2. The molecule has 0 aliphatic carbocycles. The van der Waals surface area contributed by atoms with Gasteiger partial charge in [-0.3, -0.25) is 0 Å². The molecule has 3 aliphatic heterocycles. The zero-order valence-corrected chi connectivity index (χ0v) is 12.1. The third kappa shape index (κ3) is 4.26. The summed E-state index contributed by atoms with van der Waals surface area (Å²) in [7, 11) is 0. The largest absolute Gasteiger partial charge is 0.474 e. The molecule has 8 nitrogen and oxygen atoms in total. The highest BCUT2D eigenvalue weighted by molar-refractivity contribution is 5.24. The SMILES string of the molecule is c1nc(OCC2CO2)nc(OCC2CO2)c1COCC1CO1. The molecule has 3 atom stereocenters. The Hall–Kier alpha value is -1.48. The molecule has 3 aliphatic rings. The van der Waals surface area contributed by atoms with Crippen LogP contribution in [0.1, 0.15) is 5.56 Å². The van der Waals surface area contributed by atoms with Crippen molar-refractivity contribution in [2.75, 3.05) is 39.6 Å². The molecule has 0 bridgehead atoms. The lowest BCUT2D eigenvalue weighted by Gasteiger charge is -2.11. The number of rotatable bonds is 10. The van der Waals surface area contributed by atoms with Crippen LogP contribution in [0.2, 0.25) is 0 Å². The van der Waals surface area contributed by atoms with Crippen LogP contribution >= 0.6 is 0 Å². The van der Waals surface area contributed by atoms with Gasteiger partial charge in [0.05, 0.1) is 38.6 Å². The molecule has 3 unspecified atom stereocenters. The Morgan fingerprint density at radius 3 is 2.27 bits per heavy atom. The standard InChI is InChI=1S/C14H18N2O6/c1-9(2-17-3-10-4-18-10)13(21-7-11-5-19-11)16-14(15-1)22-8-12-6-20-12/h1,10-12H,2-8H2. The number of epoxide rings is 3. The van der Waals surface area contributed by atoms with E-state index in [1.54, 1.807) is 6.20 Å². The molecule has 1 aromatic rings. The molecule has 8 heteroatoms. The molecule has 4 heterocycles. The molecular formula is C14H18N2O6. The first kappa shape index (κ1) is 14.1. The predicted octanol–water partition coefficient (Wildman–Crippen LogP) is -0.0528. The Morgan fingerprint density at radius 2 is 1.59 bits per heavy atom. The van der Waals surface area contributed by atoms with E-state index in [-0.39, 0.29) is 24.3 Å². The summed E-state index contributed by atoms with van der Waals surface area (Å²) in [6, 6.07) is 0.288. The van der Waals surface area contributed by atoms with Crippen molar-refractivity contribution in [3.63, 3.8) is 0 Å². The van der Waals surface area contributed by atoms with E-state index in [0.29, 0.717) is 32.3 Å². The minimum atomic E-state index is 0.160. The molecule has 22 heavy (non-hydrogen) atoms. The molecule has 3 fully saturated rings. The summed E-state index contributed by atoms with van der Waals surface area (Å²) in [5, 5.41) is 0. The summed E-state index contributed by atoms with van der Waals surface area (Å²) < 4.78 is 32.1. The van der Waals surface area contributed by atoms with Crippen LogP contribution in [0.4, 0.5) is 0 Å². The fourth-order valence-corrected chi connectivity index (χ4v) is 1.80. The summed E-state index contributed by atoms with van der Waals surface area (Å²) in [6.07, 6.45) is 2.22. The van der Waals surface area contributed by atoms with Gasteiger partial charge in [-0.05, 0) is 0 Å². The van der Waals surface area contributed by atoms with E-state index in [4.69, 9.17) is 28.4 Å². The van der Waals surface area contributed by atoms with Crippen LogP contribution in [0.25, 0.3) is 0 Å². The lowest BCUT2D eigenvalue weighted by atomic mass is 10.3. The first-order valence-electron chi connectivity index (χ1n) is 7.41. The molecule has 1 aromatic heterocycles. The maximum Gasteiger partial charge on any atom is 0.319 e. The molecule has 0 aromatic carbocycles. The van der Waals surface area contributed by atoms with Crippen LogP contribution in [0.15, 0.2) is 6.20 Å². The van der Waals surface area contributed by atoms with Crippen molar-refractivity contribution in [1.82, 2.24) is 9.97 Å². The zero-order valence-electron chi connectivity index (χ0n) is 12.1. The maximum atomic E-state index is 5.70. The second kappa shape index (κ2) is 6.33.